The number of nitrogens with two attached hydrogens (primary N) is 2. The molecule has 0 saturated heterocycles. The van der Waals surface area contributed by atoms with Crippen molar-refractivity contribution < 1.29 is 0 Å². The molecule has 0 aliphatic carbocycles. The topological polar surface area (TPSA) is 152 Å². The summed E-state index contributed by atoms with van der Waals surface area (Å²) in [7, 11) is 1.87. The Balaban J connectivity index is 2.21. The molecule has 12 heteroatoms. The minimum Gasteiger partial charge on any atom is -0.382 e. The number of nitrogens with one attached hydrogen (secondary N) is 1. The zero-order valence-electron chi connectivity index (χ0n) is 11.0. The van der Waals surface area contributed by atoms with E-state index >= 15 is 0 Å². The molecule has 0 atom stereocenters. The molecule has 2 rings (SSSR count). The lowest BCUT2D eigenvalue weighted by Crippen LogP contribution is -2.19. The van der Waals surface area contributed by atoms with Crippen molar-refractivity contribution in [3.63, 3.8) is 0 Å². The number of thiol groups is 1. The van der Waals surface area contributed by atoms with Crippen molar-refractivity contribution in [1.82, 2.24) is 20.2 Å². The highest BCUT2D eigenvalue weighted by Gasteiger charge is 2.10. The van der Waals surface area contributed by atoms with Crippen LogP contribution in [0, 0.1) is 0 Å². The SMILES string of the molecule is CN(CCS)c1nnc(N=Nc2c(N)nc(N)[nH]c2=O)s1. The third-order valence-corrected chi connectivity index (χ3v) is 3.46. The van der Waals surface area contributed by atoms with E-state index in [2.05, 4.69) is 43.0 Å². The van der Waals surface area contributed by atoms with Crippen molar-refractivity contribution in [1.29, 1.82) is 0 Å². The highest BCUT2D eigenvalue weighted by atomic mass is 32.1. The van der Waals surface area contributed by atoms with Gasteiger partial charge in [0.2, 0.25) is 11.1 Å². The molecule has 0 unspecified atom stereocenters. The van der Waals surface area contributed by atoms with E-state index in [1.54, 1.807) is 0 Å². The van der Waals surface area contributed by atoms with Gasteiger partial charge in [-0.2, -0.15) is 17.6 Å². The second kappa shape index (κ2) is 6.49. The average molecular weight is 327 g/mol. The Morgan fingerprint density at radius 3 is 2.81 bits per heavy atom. The van der Waals surface area contributed by atoms with Crippen molar-refractivity contribution in [2.45, 2.75) is 0 Å². The van der Waals surface area contributed by atoms with Gasteiger partial charge in [-0.05, 0) is 0 Å². The van der Waals surface area contributed by atoms with Crippen LogP contribution in [0.15, 0.2) is 15.0 Å². The van der Waals surface area contributed by atoms with Gasteiger partial charge < -0.3 is 16.4 Å². The Morgan fingerprint density at radius 2 is 2.14 bits per heavy atom. The summed E-state index contributed by atoms with van der Waals surface area (Å²) in [5.41, 5.74) is 10.2. The summed E-state index contributed by atoms with van der Waals surface area (Å²) in [6.45, 7) is 0.726. The molecule has 0 fully saturated rings. The number of nitrogens with zero attached hydrogens (tertiary/aromatic N) is 6. The predicted octanol–water partition coefficient (Wildman–Crippen LogP) is 0.567. The maximum Gasteiger partial charge on any atom is 0.282 e. The number of nitrogen functional groups attached to an aromatic ring is 2. The van der Waals surface area contributed by atoms with Crippen LogP contribution < -0.4 is 21.9 Å². The lowest BCUT2D eigenvalue weighted by atomic mass is 10.5. The molecule has 0 aromatic carbocycles. The standard InChI is InChI=1S/C9H13N9OS2/c1-18(2-3-20)9-17-16-8(21-9)15-14-4-5(10)12-7(11)13-6(4)19/h20H,2-3H2,1H3,(H5,10,11,12,13,19). The van der Waals surface area contributed by atoms with Gasteiger partial charge in [-0.15, -0.1) is 20.4 Å². The summed E-state index contributed by atoms with van der Waals surface area (Å²) in [5.74, 6) is 0.510. The lowest BCUT2D eigenvalue weighted by Gasteiger charge is -2.11. The summed E-state index contributed by atoms with van der Waals surface area (Å²) < 4.78 is 0. The Morgan fingerprint density at radius 1 is 1.38 bits per heavy atom. The van der Waals surface area contributed by atoms with E-state index in [-0.39, 0.29) is 17.5 Å². The van der Waals surface area contributed by atoms with E-state index in [4.69, 9.17) is 11.5 Å². The molecular weight excluding hydrogens is 314 g/mol. The fourth-order valence-corrected chi connectivity index (χ4v) is 2.30. The Bertz CT molecular complexity index is 709. The van der Waals surface area contributed by atoms with Crippen molar-refractivity contribution >= 4 is 51.7 Å². The number of hydrogen-bond donors (Lipinski definition) is 4. The van der Waals surface area contributed by atoms with E-state index < -0.39 is 5.56 Å². The molecule has 0 radical (unpaired) electrons. The van der Waals surface area contributed by atoms with Gasteiger partial charge in [-0.25, -0.2) is 0 Å². The molecule has 0 aliphatic rings. The predicted molar refractivity (Wildman–Crippen MR) is 84.9 cm³/mol. The lowest BCUT2D eigenvalue weighted by molar-refractivity contribution is 0.934. The van der Waals surface area contributed by atoms with Gasteiger partial charge >= 0.3 is 0 Å². The Kier molecular flexibility index (Phi) is 4.70. The van der Waals surface area contributed by atoms with Crippen LogP contribution in [0.4, 0.5) is 27.7 Å². The third-order valence-electron chi connectivity index (χ3n) is 2.34. The number of aromatic nitrogens is 4. The van der Waals surface area contributed by atoms with Gasteiger partial charge in [0.1, 0.15) is 0 Å². The molecule has 112 valence electrons. The first-order valence-corrected chi connectivity index (χ1v) is 7.18. The fraction of sp³-hybridized carbons (Fsp3) is 0.333. The first kappa shape index (κ1) is 15.2. The summed E-state index contributed by atoms with van der Waals surface area (Å²) in [5, 5.41) is 16.4. The third kappa shape index (κ3) is 3.66. The zero-order valence-corrected chi connectivity index (χ0v) is 12.7. The largest absolute Gasteiger partial charge is 0.382 e. The zero-order chi connectivity index (χ0) is 15.4. The Hall–Kier alpha value is -2.21. The van der Waals surface area contributed by atoms with Crippen LogP contribution in [0.1, 0.15) is 0 Å². The molecule has 2 aromatic rings. The summed E-state index contributed by atoms with van der Waals surface area (Å²) in [6, 6.07) is 0. The highest BCUT2D eigenvalue weighted by Crippen LogP contribution is 2.27. The van der Waals surface area contributed by atoms with Crippen LogP contribution in [0.2, 0.25) is 0 Å². The molecule has 0 bridgehead atoms. The van der Waals surface area contributed by atoms with Crippen molar-refractivity contribution in [2.24, 2.45) is 10.2 Å². The molecular formula is C9H13N9OS2. The van der Waals surface area contributed by atoms with Gasteiger partial charge in [0, 0.05) is 19.3 Å². The number of H-pyrrole nitrogens is 1. The van der Waals surface area contributed by atoms with E-state index in [0.29, 0.717) is 16.0 Å². The van der Waals surface area contributed by atoms with Crippen LogP contribution in [0.5, 0.6) is 0 Å². The van der Waals surface area contributed by atoms with E-state index in [1.807, 2.05) is 11.9 Å². The molecule has 0 aliphatic heterocycles. The van der Waals surface area contributed by atoms with Gasteiger partial charge in [0.05, 0.1) is 0 Å². The second-order valence-corrected chi connectivity index (χ2v) is 5.28. The molecule has 0 spiro atoms. The second-order valence-electron chi connectivity index (χ2n) is 3.90. The summed E-state index contributed by atoms with van der Waals surface area (Å²) in [4.78, 5) is 19.5. The van der Waals surface area contributed by atoms with Crippen LogP contribution in [0.25, 0.3) is 0 Å². The average Bonchev–Trinajstić information content (AvgIpc) is 2.86. The maximum atomic E-state index is 11.6. The fourth-order valence-electron chi connectivity index (χ4n) is 1.34. The van der Waals surface area contributed by atoms with E-state index in [1.165, 1.54) is 11.3 Å². The molecule has 5 N–H and O–H groups in total. The molecule has 10 nitrogen and oxygen atoms in total. The quantitative estimate of drug-likeness (QED) is 0.462. The highest BCUT2D eigenvalue weighted by molar-refractivity contribution is 7.80. The van der Waals surface area contributed by atoms with Gasteiger partial charge in [-0.1, -0.05) is 11.3 Å². The van der Waals surface area contributed by atoms with Crippen molar-refractivity contribution in [3.8, 4) is 0 Å². The number of azo groups is 1. The van der Waals surface area contributed by atoms with Crippen molar-refractivity contribution in [2.75, 3.05) is 35.7 Å². The summed E-state index contributed by atoms with van der Waals surface area (Å²) in [6.07, 6.45) is 0. The molecule has 2 heterocycles. The first-order chi connectivity index (χ1) is 10.0. The normalized spacial score (nSPS) is 11.1. The number of rotatable bonds is 5. The minimum absolute atomic E-state index is 0.0805. The number of anilines is 3. The summed E-state index contributed by atoms with van der Waals surface area (Å²) >= 11 is 5.37. The first-order valence-electron chi connectivity index (χ1n) is 5.73. The van der Waals surface area contributed by atoms with Crippen LogP contribution in [0.3, 0.4) is 0 Å². The monoisotopic (exact) mass is 327 g/mol. The molecule has 0 saturated carbocycles. The van der Waals surface area contributed by atoms with Crippen LogP contribution >= 0.6 is 24.0 Å². The maximum absolute atomic E-state index is 11.6. The molecule has 21 heavy (non-hydrogen) atoms. The van der Waals surface area contributed by atoms with Gasteiger partial charge in [0.25, 0.3) is 10.7 Å². The van der Waals surface area contributed by atoms with E-state index in [9.17, 15) is 4.79 Å². The smallest absolute Gasteiger partial charge is 0.282 e. The van der Waals surface area contributed by atoms with Crippen LogP contribution in [-0.2, 0) is 0 Å². The van der Waals surface area contributed by atoms with Gasteiger partial charge in [0.15, 0.2) is 11.5 Å². The number of hydrogen-bond acceptors (Lipinski definition) is 11. The minimum atomic E-state index is -0.569. The Labute approximate surface area is 128 Å². The van der Waals surface area contributed by atoms with Gasteiger partial charge in [-0.3, -0.25) is 9.78 Å². The van der Waals surface area contributed by atoms with Crippen molar-refractivity contribution in [3.05, 3.63) is 10.4 Å². The van der Waals surface area contributed by atoms with E-state index in [0.717, 1.165) is 6.54 Å². The van der Waals surface area contributed by atoms with Crippen LogP contribution in [-0.4, -0.2) is 39.5 Å². The molecule has 2 aromatic heterocycles. The number of aromatic amines is 1. The molecule has 0 amide bonds.